The minimum absolute atomic E-state index is 0.00824. The summed E-state index contributed by atoms with van der Waals surface area (Å²) in [5.74, 6) is -0.295. The van der Waals surface area contributed by atoms with E-state index in [1.54, 1.807) is 18.1 Å². The van der Waals surface area contributed by atoms with Gasteiger partial charge < -0.3 is 9.64 Å². The highest BCUT2D eigenvalue weighted by atomic mass is 19.1. The van der Waals surface area contributed by atoms with Gasteiger partial charge in [-0.05, 0) is 30.2 Å². The SMILES string of the molecule is COCCCN1Cc2cc(F)ccc2C1=O. The minimum atomic E-state index is -0.287. The second-order valence-corrected chi connectivity index (χ2v) is 3.87. The van der Waals surface area contributed by atoms with Gasteiger partial charge in [-0.25, -0.2) is 4.39 Å². The number of fused-ring (bicyclic) bond motifs is 1. The van der Waals surface area contributed by atoms with Crippen molar-refractivity contribution in [1.29, 1.82) is 0 Å². The number of ether oxygens (including phenoxy) is 1. The maximum absolute atomic E-state index is 13.0. The summed E-state index contributed by atoms with van der Waals surface area (Å²) in [4.78, 5) is 13.6. The molecule has 1 heterocycles. The van der Waals surface area contributed by atoms with E-state index in [1.807, 2.05) is 0 Å². The number of amides is 1. The second-order valence-electron chi connectivity index (χ2n) is 3.87. The highest BCUT2D eigenvalue weighted by Gasteiger charge is 2.26. The highest BCUT2D eigenvalue weighted by Crippen LogP contribution is 2.23. The smallest absolute Gasteiger partial charge is 0.254 e. The zero-order chi connectivity index (χ0) is 11.5. The molecule has 0 bridgehead atoms. The van der Waals surface area contributed by atoms with Gasteiger partial charge in [-0.1, -0.05) is 0 Å². The molecule has 1 amide bonds. The standard InChI is InChI=1S/C12H14FNO2/c1-16-6-2-5-14-8-9-7-10(13)3-4-11(9)12(14)15/h3-4,7H,2,5-6,8H2,1H3. The lowest BCUT2D eigenvalue weighted by atomic mass is 10.1. The van der Waals surface area contributed by atoms with Crippen LogP contribution in [-0.4, -0.2) is 31.1 Å². The molecule has 1 aliphatic rings. The van der Waals surface area contributed by atoms with E-state index in [-0.39, 0.29) is 11.7 Å². The number of carbonyl (C=O) groups excluding carboxylic acids is 1. The maximum Gasteiger partial charge on any atom is 0.254 e. The predicted molar refractivity (Wildman–Crippen MR) is 57.6 cm³/mol. The van der Waals surface area contributed by atoms with Gasteiger partial charge in [0.15, 0.2) is 0 Å². The van der Waals surface area contributed by atoms with Gasteiger partial charge in [0.05, 0.1) is 0 Å². The maximum atomic E-state index is 13.0. The molecule has 3 nitrogen and oxygen atoms in total. The van der Waals surface area contributed by atoms with Crippen molar-refractivity contribution in [3.8, 4) is 0 Å². The Morgan fingerprint density at radius 1 is 1.50 bits per heavy atom. The normalized spacial score (nSPS) is 14.4. The summed E-state index contributed by atoms with van der Waals surface area (Å²) in [6.45, 7) is 1.80. The lowest BCUT2D eigenvalue weighted by molar-refractivity contribution is 0.0760. The topological polar surface area (TPSA) is 29.5 Å². The van der Waals surface area contributed by atoms with E-state index >= 15 is 0 Å². The molecule has 0 N–H and O–H groups in total. The number of hydrogen-bond donors (Lipinski definition) is 0. The fourth-order valence-corrected chi connectivity index (χ4v) is 1.93. The van der Waals surface area contributed by atoms with Crippen LogP contribution < -0.4 is 0 Å². The van der Waals surface area contributed by atoms with Crippen LogP contribution in [0.15, 0.2) is 18.2 Å². The molecule has 1 aromatic rings. The summed E-state index contributed by atoms with van der Waals surface area (Å²) in [5.41, 5.74) is 1.40. The third-order valence-corrected chi connectivity index (χ3v) is 2.72. The molecule has 0 aliphatic carbocycles. The fourth-order valence-electron chi connectivity index (χ4n) is 1.93. The number of methoxy groups -OCH3 is 1. The lowest BCUT2D eigenvalue weighted by Crippen LogP contribution is -2.25. The summed E-state index contributed by atoms with van der Waals surface area (Å²) in [7, 11) is 1.63. The van der Waals surface area contributed by atoms with Crippen LogP contribution in [0.4, 0.5) is 4.39 Å². The zero-order valence-electron chi connectivity index (χ0n) is 9.20. The van der Waals surface area contributed by atoms with Crippen molar-refractivity contribution in [2.75, 3.05) is 20.3 Å². The number of hydrogen-bond acceptors (Lipinski definition) is 2. The van der Waals surface area contributed by atoms with E-state index in [4.69, 9.17) is 4.74 Å². The third-order valence-electron chi connectivity index (χ3n) is 2.72. The first-order valence-corrected chi connectivity index (χ1v) is 5.29. The van der Waals surface area contributed by atoms with Gasteiger partial charge in [-0.3, -0.25) is 4.79 Å². The summed E-state index contributed by atoms with van der Waals surface area (Å²) in [5, 5.41) is 0. The minimum Gasteiger partial charge on any atom is -0.385 e. The summed E-state index contributed by atoms with van der Waals surface area (Å²) < 4.78 is 17.9. The van der Waals surface area contributed by atoms with Crippen LogP contribution in [0.25, 0.3) is 0 Å². The van der Waals surface area contributed by atoms with Crippen LogP contribution in [0.1, 0.15) is 22.3 Å². The Bertz CT molecular complexity index is 406. The molecular formula is C12H14FNO2. The number of carbonyl (C=O) groups is 1. The second kappa shape index (κ2) is 4.61. The third kappa shape index (κ3) is 2.07. The molecule has 0 aromatic heterocycles. The van der Waals surface area contributed by atoms with E-state index in [9.17, 15) is 9.18 Å². The molecule has 86 valence electrons. The Hall–Kier alpha value is -1.42. The number of rotatable bonds is 4. The molecular weight excluding hydrogens is 209 g/mol. The Balaban J connectivity index is 2.06. The van der Waals surface area contributed by atoms with Crippen molar-refractivity contribution in [3.05, 3.63) is 35.1 Å². The molecule has 4 heteroatoms. The van der Waals surface area contributed by atoms with Gasteiger partial charge in [-0.15, -0.1) is 0 Å². The van der Waals surface area contributed by atoms with Crippen molar-refractivity contribution < 1.29 is 13.9 Å². The molecule has 0 fully saturated rings. The first-order valence-electron chi connectivity index (χ1n) is 5.29. The van der Waals surface area contributed by atoms with Crippen molar-refractivity contribution in [2.24, 2.45) is 0 Å². The molecule has 0 saturated heterocycles. The van der Waals surface area contributed by atoms with Crippen LogP contribution in [-0.2, 0) is 11.3 Å². The van der Waals surface area contributed by atoms with E-state index in [0.717, 1.165) is 12.0 Å². The average Bonchev–Trinajstić information content (AvgIpc) is 2.56. The summed E-state index contributed by atoms with van der Waals surface area (Å²) in [6, 6.07) is 4.32. The van der Waals surface area contributed by atoms with Gasteiger partial charge in [0.25, 0.3) is 5.91 Å². The van der Waals surface area contributed by atoms with Gasteiger partial charge >= 0.3 is 0 Å². The predicted octanol–water partition coefficient (Wildman–Crippen LogP) is 1.82. The highest BCUT2D eigenvalue weighted by molar-refractivity contribution is 5.98. The van der Waals surface area contributed by atoms with Crippen molar-refractivity contribution in [1.82, 2.24) is 4.90 Å². The first kappa shape index (κ1) is 11.1. The van der Waals surface area contributed by atoms with Crippen LogP contribution in [0, 0.1) is 5.82 Å². The molecule has 0 unspecified atom stereocenters. The van der Waals surface area contributed by atoms with Crippen molar-refractivity contribution >= 4 is 5.91 Å². The number of nitrogens with zero attached hydrogens (tertiary/aromatic N) is 1. The lowest BCUT2D eigenvalue weighted by Gasteiger charge is -2.14. The van der Waals surface area contributed by atoms with E-state index in [1.165, 1.54) is 12.1 Å². The average molecular weight is 223 g/mol. The van der Waals surface area contributed by atoms with Gasteiger partial charge in [0, 0.05) is 32.4 Å². The Morgan fingerprint density at radius 3 is 3.06 bits per heavy atom. The molecule has 1 aliphatic heterocycles. The molecule has 0 atom stereocenters. The quantitative estimate of drug-likeness (QED) is 0.729. The number of benzene rings is 1. The fraction of sp³-hybridized carbons (Fsp3) is 0.417. The first-order chi connectivity index (χ1) is 7.72. The van der Waals surface area contributed by atoms with Crippen molar-refractivity contribution in [3.63, 3.8) is 0 Å². The summed E-state index contributed by atoms with van der Waals surface area (Å²) in [6.07, 6.45) is 0.804. The monoisotopic (exact) mass is 223 g/mol. The van der Waals surface area contributed by atoms with Crippen LogP contribution >= 0.6 is 0 Å². The van der Waals surface area contributed by atoms with E-state index in [2.05, 4.69) is 0 Å². The Kier molecular flexibility index (Phi) is 3.19. The molecule has 0 saturated carbocycles. The largest absolute Gasteiger partial charge is 0.385 e. The Labute approximate surface area is 93.8 Å². The molecule has 1 aromatic carbocycles. The van der Waals surface area contributed by atoms with Crippen LogP contribution in [0.2, 0.25) is 0 Å². The molecule has 0 radical (unpaired) electrons. The van der Waals surface area contributed by atoms with Gasteiger partial charge in [0.1, 0.15) is 5.82 Å². The van der Waals surface area contributed by atoms with Crippen LogP contribution in [0.3, 0.4) is 0 Å². The van der Waals surface area contributed by atoms with Crippen LogP contribution in [0.5, 0.6) is 0 Å². The Morgan fingerprint density at radius 2 is 2.31 bits per heavy atom. The van der Waals surface area contributed by atoms with E-state index in [0.29, 0.717) is 25.3 Å². The van der Waals surface area contributed by atoms with Crippen molar-refractivity contribution in [2.45, 2.75) is 13.0 Å². The van der Waals surface area contributed by atoms with Gasteiger partial charge in [-0.2, -0.15) is 0 Å². The molecule has 0 spiro atoms. The zero-order valence-corrected chi connectivity index (χ0v) is 9.20. The number of halogens is 1. The molecule has 2 rings (SSSR count). The summed E-state index contributed by atoms with van der Waals surface area (Å²) >= 11 is 0. The molecule has 16 heavy (non-hydrogen) atoms. The van der Waals surface area contributed by atoms with E-state index < -0.39 is 0 Å². The van der Waals surface area contributed by atoms with Gasteiger partial charge in [0.2, 0.25) is 0 Å².